The Morgan fingerprint density at radius 3 is 0.846 bits per heavy atom. The molecule has 6 aromatic carbocycles. The van der Waals surface area contributed by atoms with Crippen molar-refractivity contribution >= 4 is 50.5 Å². The molecule has 24 heteroatoms. The van der Waals surface area contributed by atoms with Crippen LogP contribution in [0.15, 0.2) is 54.6 Å². The van der Waals surface area contributed by atoms with Crippen molar-refractivity contribution in [3.63, 3.8) is 0 Å². The Morgan fingerprint density at radius 1 is 0.354 bits per heavy atom. The van der Waals surface area contributed by atoms with E-state index in [0.717, 1.165) is 0 Å². The molecule has 0 aliphatic heterocycles. The second-order valence-corrected chi connectivity index (χ2v) is 15.9. The minimum absolute atomic E-state index is 0.0270. The highest BCUT2D eigenvalue weighted by Crippen LogP contribution is 2.31. The number of carbonyl (C=O) groups is 2. The van der Waals surface area contributed by atoms with Crippen molar-refractivity contribution < 1.29 is 97.4 Å². The fraction of sp³-hybridized carbons (Fsp3) is 0.0732. The number of ketones is 2. The van der Waals surface area contributed by atoms with Crippen LogP contribution in [0.2, 0.25) is 0 Å². The predicted octanol–water partition coefficient (Wildman–Crippen LogP) is 8.82. The molecule has 0 amide bonds. The number of hydrogen-bond donors (Lipinski definition) is 0. The maximum absolute atomic E-state index is 15.4. The van der Waals surface area contributed by atoms with Gasteiger partial charge >= 0.3 is 0 Å². The molecule has 6 rings (SSSR count). The van der Waals surface area contributed by atoms with Crippen LogP contribution < -0.4 is 21.9 Å². The summed E-state index contributed by atoms with van der Waals surface area (Å²) in [6, 6.07) is 16.1. The molecular weight excluding hydrogens is 947 g/mol. The maximum atomic E-state index is 15.4. The van der Waals surface area contributed by atoms with E-state index in [9.17, 15) is 62.3 Å². The molecule has 0 atom stereocenters. The monoisotopic (exact) mass is 964 g/mol. The van der Waals surface area contributed by atoms with Crippen molar-refractivity contribution in [2.24, 2.45) is 0 Å². The molecule has 0 bridgehead atoms. The van der Waals surface area contributed by atoms with Crippen LogP contribution in [0.4, 0.5) is 87.8 Å². The first kappa shape index (κ1) is 49.7. The Labute approximate surface area is 353 Å². The number of carbonyl (C=O) groups excluding carboxylic acids is 2. The summed E-state index contributed by atoms with van der Waals surface area (Å²) in [4.78, 5) is 24.8. The van der Waals surface area contributed by atoms with Gasteiger partial charge in [0.25, 0.3) is 0 Å². The molecule has 342 valence electrons. The molecule has 0 N–H and O–H groups in total. The second kappa shape index (κ2) is 18.6. The highest BCUT2D eigenvalue weighted by atomic mass is 32.2. The highest BCUT2D eigenvalue weighted by molar-refractivity contribution is 7.96. The van der Waals surface area contributed by atoms with E-state index < -0.39 is 144 Å². The van der Waals surface area contributed by atoms with Crippen LogP contribution in [0.5, 0.6) is 0 Å². The third-order valence-electron chi connectivity index (χ3n) is 9.63. The van der Waals surface area contributed by atoms with E-state index in [0.29, 0.717) is 22.4 Å². The van der Waals surface area contributed by atoms with E-state index in [2.05, 4.69) is 0 Å². The van der Waals surface area contributed by atoms with Gasteiger partial charge in [-0.15, -0.1) is 21.9 Å². The van der Waals surface area contributed by atoms with Crippen molar-refractivity contribution in [2.45, 2.75) is 0 Å². The van der Waals surface area contributed by atoms with Crippen LogP contribution in [0.3, 0.4) is 0 Å². The van der Waals surface area contributed by atoms with E-state index in [4.69, 9.17) is 0 Å². The summed E-state index contributed by atoms with van der Waals surface area (Å²) < 4.78 is 294. The Balaban J connectivity index is 0.000000330. The molecular formula is C41H17BF20O2S. The normalized spacial score (nSPS) is 11.6. The van der Waals surface area contributed by atoms with Gasteiger partial charge < -0.3 is 0 Å². The molecule has 0 unspecified atom stereocenters. The van der Waals surface area contributed by atoms with Gasteiger partial charge in [-0.3, -0.25) is 9.59 Å². The van der Waals surface area contributed by atoms with E-state index in [1.54, 1.807) is 36.4 Å². The van der Waals surface area contributed by atoms with Gasteiger partial charge in [0.15, 0.2) is 81.3 Å². The van der Waals surface area contributed by atoms with Crippen molar-refractivity contribution in [1.29, 1.82) is 0 Å². The number of rotatable bonds is 9. The van der Waals surface area contributed by atoms with Crippen molar-refractivity contribution in [1.82, 2.24) is 0 Å². The molecule has 65 heavy (non-hydrogen) atoms. The molecule has 0 heterocycles. The molecule has 6 aromatic rings. The molecule has 0 radical (unpaired) electrons. The standard InChI is InChI=1S/C24BF20.C17H17O2S/c26-5-1(6(27)14(35)21(42)13(5)34)25(2-7(28)15(36)22(43)16(37)8(2)29,3-9(30)17(38)23(44)18(39)10(3)31)4-11(32)19(40)24(45)20(41)12(4)33;1-20(2)12-16(18)14-10-6-7-11-15(14)17(19)13-8-4-3-5-9-13/h;3-11H,12H2,1-2H3/q-1;+1. The summed E-state index contributed by atoms with van der Waals surface area (Å²) in [5.74, 6) is -71.0. The number of Topliss-reactive ketones (excluding diaryl/α,β-unsaturated/α-hetero) is 1. The van der Waals surface area contributed by atoms with E-state index in [-0.39, 0.29) is 22.5 Å². The summed E-state index contributed by atoms with van der Waals surface area (Å²) in [5.41, 5.74) is -12.7. The fourth-order valence-corrected chi connectivity index (χ4v) is 7.56. The first-order chi connectivity index (χ1) is 30.3. The van der Waals surface area contributed by atoms with Crippen LogP contribution in [-0.4, -0.2) is 36.0 Å². The van der Waals surface area contributed by atoms with Gasteiger partial charge in [0.2, 0.25) is 5.78 Å². The summed E-state index contributed by atoms with van der Waals surface area (Å²) >= 11 is 0. The zero-order chi connectivity index (χ0) is 48.9. The van der Waals surface area contributed by atoms with Crippen LogP contribution in [-0.2, 0) is 10.9 Å². The van der Waals surface area contributed by atoms with Gasteiger partial charge in [0.1, 0.15) is 52.7 Å². The SMILES string of the molecule is C[S+](C)CC(=O)c1ccccc1C(=O)c1ccccc1.Fc1c(F)c(F)c([B-](c2c(F)c(F)c(F)c(F)c2F)(c2c(F)c(F)c(F)c(F)c2F)c2c(F)c(F)c(F)c(F)c2F)c(F)c1F. The highest BCUT2D eigenvalue weighted by Gasteiger charge is 2.52. The average molecular weight is 964 g/mol. The molecule has 0 saturated heterocycles. The van der Waals surface area contributed by atoms with Crippen LogP contribution >= 0.6 is 0 Å². The van der Waals surface area contributed by atoms with Crippen molar-refractivity contribution in [3.05, 3.63) is 188 Å². The van der Waals surface area contributed by atoms with E-state index in [1.165, 1.54) is 0 Å². The zero-order valence-electron chi connectivity index (χ0n) is 31.8. The van der Waals surface area contributed by atoms with Gasteiger partial charge in [-0.1, -0.05) is 54.6 Å². The zero-order valence-corrected chi connectivity index (χ0v) is 32.6. The Kier molecular flexibility index (Phi) is 14.3. The van der Waals surface area contributed by atoms with Gasteiger partial charge in [0.05, 0.1) is 12.5 Å². The number of hydrogen-bond acceptors (Lipinski definition) is 2. The minimum atomic E-state index is -7.22. The molecule has 0 saturated carbocycles. The van der Waals surface area contributed by atoms with E-state index in [1.807, 2.05) is 30.7 Å². The lowest BCUT2D eigenvalue weighted by molar-refractivity contribution is 0.0993. The first-order valence-electron chi connectivity index (χ1n) is 17.3. The number of halogens is 20. The van der Waals surface area contributed by atoms with Crippen LogP contribution in [0.1, 0.15) is 26.3 Å². The maximum Gasteiger partial charge on any atom is 0.212 e. The fourth-order valence-electron chi connectivity index (χ4n) is 6.88. The van der Waals surface area contributed by atoms with Gasteiger partial charge in [-0.2, -0.15) is 0 Å². The summed E-state index contributed by atoms with van der Waals surface area (Å²) in [5, 5.41) is 0. The van der Waals surface area contributed by atoms with Gasteiger partial charge in [0, 0.05) is 16.7 Å². The first-order valence-corrected chi connectivity index (χ1v) is 19.5. The molecule has 0 aromatic heterocycles. The molecule has 0 fully saturated rings. The summed E-state index contributed by atoms with van der Waals surface area (Å²) in [6.07, 6.45) is -3.16. The van der Waals surface area contributed by atoms with E-state index >= 15 is 35.1 Å². The Morgan fingerprint density at radius 2 is 0.585 bits per heavy atom. The van der Waals surface area contributed by atoms with Gasteiger partial charge in [-0.05, 0) is 10.9 Å². The molecule has 0 spiro atoms. The molecule has 0 aliphatic carbocycles. The minimum Gasteiger partial charge on any atom is -0.289 e. The van der Waals surface area contributed by atoms with Crippen molar-refractivity contribution in [3.8, 4) is 0 Å². The predicted molar refractivity (Wildman–Crippen MR) is 194 cm³/mol. The molecule has 2 nitrogen and oxygen atoms in total. The smallest absolute Gasteiger partial charge is 0.212 e. The lowest BCUT2D eigenvalue weighted by atomic mass is 9.12. The lowest BCUT2D eigenvalue weighted by Gasteiger charge is -2.44. The third-order valence-corrected chi connectivity index (χ3v) is 10.5. The summed E-state index contributed by atoms with van der Waals surface area (Å²) in [7, 11) is 0.0270. The molecule has 0 aliphatic rings. The third kappa shape index (κ3) is 8.09. The summed E-state index contributed by atoms with van der Waals surface area (Å²) in [6.45, 7) is 0. The lowest BCUT2D eigenvalue weighted by Crippen LogP contribution is -2.81. The topological polar surface area (TPSA) is 34.1 Å². The number of benzene rings is 6. The largest absolute Gasteiger partial charge is 0.289 e. The quantitative estimate of drug-likeness (QED) is 0.0363. The average Bonchev–Trinajstić information content (AvgIpc) is 3.28. The van der Waals surface area contributed by atoms with Crippen LogP contribution in [0, 0.1) is 116 Å². The second-order valence-electron chi connectivity index (χ2n) is 13.6. The van der Waals surface area contributed by atoms with Crippen LogP contribution in [0.25, 0.3) is 0 Å². The van der Waals surface area contributed by atoms with Gasteiger partial charge in [-0.25, -0.2) is 87.8 Å². The Bertz CT molecular complexity index is 2550. The Hall–Kier alpha value is -6.33. The van der Waals surface area contributed by atoms with Crippen molar-refractivity contribution in [2.75, 3.05) is 18.3 Å².